The number of carboxylic acids is 1. The van der Waals surface area contributed by atoms with Crippen molar-refractivity contribution in [1.29, 1.82) is 0 Å². The van der Waals surface area contributed by atoms with Crippen LogP contribution in [0.1, 0.15) is 12.8 Å². The molecule has 1 saturated heterocycles. The third-order valence-electron chi connectivity index (χ3n) is 2.74. The predicted octanol–water partition coefficient (Wildman–Crippen LogP) is -0.539. The van der Waals surface area contributed by atoms with Crippen molar-refractivity contribution in [2.75, 3.05) is 45.9 Å². The largest absolute Gasteiger partial charge is 0.481 e. The fourth-order valence-electron chi connectivity index (χ4n) is 1.87. The SMILES string of the molecule is O=C(O)CCN1CCCN(CCO)CC1. The van der Waals surface area contributed by atoms with Gasteiger partial charge >= 0.3 is 5.97 Å². The molecule has 0 aromatic carbocycles. The molecule has 0 spiro atoms. The van der Waals surface area contributed by atoms with Crippen molar-refractivity contribution in [1.82, 2.24) is 9.80 Å². The zero-order chi connectivity index (χ0) is 11.1. The molecule has 5 heteroatoms. The third-order valence-corrected chi connectivity index (χ3v) is 2.74. The van der Waals surface area contributed by atoms with E-state index in [1.165, 1.54) is 0 Å². The molecule has 15 heavy (non-hydrogen) atoms. The van der Waals surface area contributed by atoms with Gasteiger partial charge in [0.2, 0.25) is 0 Å². The normalized spacial score (nSPS) is 20.1. The summed E-state index contributed by atoms with van der Waals surface area (Å²) in [6.07, 6.45) is 1.28. The predicted molar refractivity (Wildman–Crippen MR) is 56.8 cm³/mol. The number of nitrogens with zero attached hydrogens (tertiary/aromatic N) is 2. The van der Waals surface area contributed by atoms with Crippen molar-refractivity contribution in [3.8, 4) is 0 Å². The number of rotatable bonds is 5. The second-order valence-electron chi connectivity index (χ2n) is 3.90. The molecule has 2 N–H and O–H groups in total. The minimum atomic E-state index is -0.730. The smallest absolute Gasteiger partial charge is 0.304 e. The number of aliphatic hydroxyl groups excluding tert-OH is 1. The number of carboxylic acid groups (broad SMARTS) is 1. The lowest BCUT2D eigenvalue weighted by atomic mass is 10.3. The standard InChI is InChI=1S/C10H20N2O3/c13-9-8-12-4-1-3-11(6-7-12)5-2-10(14)15/h13H,1-9H2,(H,14,15). The Morgan fingerprint density at radius 3 is 2.20 bits per heavy atom. The molecule has 1 aliphatic heterocycles. The van der Waals surface area contributed by atoms with Gasteiger partial charge in [-0.2, -0.15) is 0 Å². The molecule has 0 aromatic heterocycles. The van der Waals surface area contributed by atoms with E-state index in [0.717, 1.165) is 39.1 Å². The van der Waals surface area contributed by atoms with Crippen LogP contribution in [0.4, 0.5) is 0 Å². The topological polar surface area (TPSA) is 64.0 Å². The lowest BCUT2D eigenvalue weighted by Crippen LogP contribution is -2.33. The third kappa shape index (κ3) is 5.11. The Morgan fingerprint density at radius 1 is 1.07 bits per heavy atom. The first-order chi connectivity index (χ1) is 7.22. The van der Waals surface area contributed by atoms with E-state index in [-0.39, 0.29) is 13.0 Å². The van der Waals surface area contributed by atoms with Gasteiger partial charge in [-0.3, -0.25) is 9.69 Å². The number of hydrogen-bond acceptors (Lipinski definition) is 4. The lowest BCUT2D eigenvalue weighted by Gasteiger charge is -2.20. The fourth-order valence-corrected chi connectivity index (χ4v) is 1.87. The van der Waals surface area contributed by atoms with Crippen LogP contribution in [0.2, 0.25) is 0 Å². The minimum Gasteiger partial charge on any atom is -0.481 e. The van der Waals surface area contributed by atoms with Gasteiger partial charge in [-0.05, 0) is 19.5 Å². The van der Waals surface area contributed by atoms with Crippen molar-refractivity contribution in [3.63, 3.8) is 0 Å². The molecule has 1 aliphatic rings. The Labute approximate surface area is 90.3 Å². The summed E-state index contributed by atoms with van der Waals surface area (Å²) < 4.78 is 0. The average Bonchev–Trinajstić information content (AvgIpc) is 2.41. The Morgan fingerprint density at radius 2 is 1.67 bits per heavy atom. The molecular weight excluding hydrogens is 196 g/mol. The van der Waals surface area contributed by atoms with Crippen LogP contribution in [0, 0.1) is 0 Å². The van der Waals surface area contributed by atoms with Crippen LogP contribution in [0.3, 0.4) is 0 Å². The van der Waals surface area contributed by atoms with Crippen molar-refractivity contribution in [3.05, 3.63) is 0 Å². The average molecular weight is 216 g/mol. The number of β-amino-alcohol motifs (C(OH)–C–C–N with tert-alkyl or cyclic N) is 1. The maximum Gasteiger partial charge on any atom is 0.304 e. The molecule has 0 amide bonds. The van der Waals surface area contributed by atoms with E-state index >= 15 is 0 Å². The van der Waals surface area contributed by atoms with E-state index in [9.17, 15) is 4.79 Å². The van der Waals surface area contributed by atoms with Crippen LogP contribution in [0.25, 0.3) is 0 Å². The van der Waals surface area contributed by atoms with Gasteiger partial charge in [-0.15, -0.1) is 0 Å². The zero-order valence-corrected chi connectivity index (χ0v) is 9.06. The maximum absolute atomic E-state index is 10.4. The maximum atomic E-state index is 10.4. The number of carbonyl (C=O) groups is 1. The van der Waals surface area contributed by atoms with E-state index in [2.05, 4.69) is 9.80 Å². The molecule has 0 saturated carbocycles. The first-order valence-corrected chi connectivity index (χ1v) is 5.49. The quantitative estimate of drug-likeness (QED) is 0.646. The number of aliphatic carboxylic acids is 1. The highest BCUT2D eigenvalue weighted by Gasteiger charge is 2.14. The van der Waals surface area contributed by atoms with Crippen molar-refractivity contribution in [2.45, 2.75) is 12.8 Å². The molecule has 0 radical (unpaired) electrons. The van der Waals surface area contributed by atoms with Crippen LogP contribution < -0.4 is 0 Å². The summed E-state index contributed by atoms with van der Waals surface area (Å²) >= 11 is 0. The van der Waals surface area contributed by atoms with Gasteiger partial charge in [0.05, 0.1) is 13.0 Å². The summed E-state index contributed by atoms with van der Waals surface area (Å²) in [6, 6.07) is 0. The van der Waals surface area contributed by atoms with Gasteiger partial charge in [0.1, 0.15) is 0 Å². The van der Waals surface area contributed by atoms with Crippen molar-refractivity contribution < 1.29 is 15.0 Å². The highest BCUT2D eigenvalue weighted by molar-refractivity contribution is 5.66. The van der Waals surface area contributed by atoms with Crippen LogP contribution in [-0.4, -0.2) is 71.9 Å². The highest BCUT2D eigenvalue weighted by Crippen LogP contribution is 2.03. The fraction of sp³-hybridized carbons (Fsp3) is 0.900. The van der Waals surface area contributed by atoms with E-state index < -0.39 is 5.97 Å². The van der Waals surface area contributed by atoms with E-state index in [1.54, 1.807) is 0 Å². The van der Waals surface area contributed by atoms with Gasteiger partial charge in [0.15, 0.2) is 0 Å². The first-order valence-electron chi connectivity index (χ1n) is 5.49. The summed E-state index contributed by atoms with van der Waals surface area (Å²) in [5, 5.41) is 17.4. The molecule has 0 bridgehead atoms. The highest BCUT2D eigenvalue weighted by atomic mass is 16.4. The summed E-state index contributed by atoms with van der Waals surface area (Å²) in [7, 11) is 0. The molecule has 1 heterocycles. The Balaban J connectivity index is 2.23. The van der Waals surface area contributed by atoms with Gasteiger partial charge in [0.25, 0.3) is 0 Å². The molecule has 0 aliphatic carbocycles. The second-order valence-corrected chi connectivity index (χ2v) is 3.90. The lowest BCUT2D eigenvalue weighted by molar-refractivity contribution is -0.137. The Kier molecular flexibility index (Phi) is 5.60. The van der Waals surface area contributed by atoms with Crippen LogP contribution in [0.15, 0.2) is 0 Å². The molecule has 0 unspecified atom stereocenters. The number of hydrogen-bond donors (Lipinski definition) is 2. The number of aliphatic hydroxyl groups is 1. The van der Waals surface area contributed by atoms with Gasteiger partial charge in [-0.1, -0.05) is 0 Å². The first kappa shape index (κ1) is 12.4. The van der Waals surface area contributed by atoms with Gasteiger partial charge in [-0.25, -0.2) is 0 Å². The Hall–Kier alpha value is -0.650. The molecule has 5 nitrogen and oxygen atoms in total. The Bertz CT molecular complexity index is 199. The minimum absolute atomic E-state index is 0.203. The van der Waals surface area contributed by atoms with Gasteiger partial charge in [0, 0.05) is 26.2 Å². The zero-order valence-electron chi connectivity index (χ0n) is 9.06. The van der Waals surface area contributed by atoms with Crippen LogP contribution in [-0.2, 0) is 4.79 Å². The molecule has 0 atom stereocenters. The van der Waals surface area contributed by atoms with Crippen LogP contribution in [0.5, 0.6) is 0 Å². The molecule has 88 valence electrons. The second kappa shape index (κ2) is 6.76. The summed E-state index contributed by atoms with van der Waals surface area (Å²) in [4.78, 5) is 14.8. The van der Waals surface area contributed by atoms with Crippen molar-refractivity contribution >= 4 is 5.97 Å². The molecule has 1 rings (SSSR count). The van der Waals surface area contributed by atoms with Gasteiger partial charge < -0.3 is 15.1 Å². The van der Waals surface area contributed by atoms with Crippen molar-refractivity contribution in [2.24, 2.45) is 0 Å². The van der Waals surface area contributed by atoms with Crippen LogP contribution >= 0.6 is 0 Å². The summed E-state index contributed by atoms with van der Waals surface area (Å²) in [6.45, 7) is 5.39. The molecule has 0 aromatic rings. The molecule has 1 fully saturated rings. The van der Waals surface area contributed by atoms with E-state index in [1.807, 2.05) is 0 Å². The van der Waals surface area contributed by atoms with E-state index in [4.69, 9.17) is 10.2 Å². The van der Waals surface area contributed by atoms with E-state index in [0.29, 0.717) is 6.54 Å². The summed E-state index contributed by atoms with van der Waals surface area (Å²) in [5.74, 6) is -0.730. The monoisotopic (exact) mass is 216 g/mol. The summed E-state index contributed by atoms with van der Waals surface area (Å²) in [5.41, 5.74) is 0. The molecular formula is C10H20N2O3.